The maximum Gasteiger partial charge on any atom is 0.335 e. The number of rotatable bonds is 4. The first-order valence-electron chi connectivity index (χ1n) is 5.05. The molecule has 1 rings (SSSR count). The molecule has 0 amide bonds. The second-order valence-electron chi connectivity index (χ2n) is 3.33. The van der Waals surface area contributed by atoms with Gasteiger partial charge in [-0.25, -0.2) is 9.78 Å². The molecule has 1 heterocycles. The smallest absolute Gasteiger partial charge is 0.335 e. The fourth-order valence-corrected chi connectivity index (χ4v) is 1.48. The topological polar surface area (TPSA) is 53.4 Å². The van der Waals surface area contributed by atoms with E-state index in [9.17, 15) is 4.79 Å². The molecule has 90 valence electrons. The Morgan fingerprint density at radius 2 is 1.94 bits per heavy atom. The molecular weight excluding hydrogens is 228 g/mol. The molecule has 0 bridgehead atoms. The minimum Gasteiger partial charge on any atom is -0.478 e. The molecule has 5 heteroatoms. The van der Waals surface area contributed by atoms with Crippen LogP contribution in [0, 0.1) is 6.92 Å². The number of carboxylic acid groups (broad SMARTS) is 1. The van der Waals surface area contributed by atoms with E-state index in [4.69, 9.17) is 5.11 Å². The Morgan fingerprint density at radius 3 is 2.38 bits per heavy atom. The number of halogens is 1. The number of aromatic carboxylic acids is 1. The van der Waals surface area contributed by atoms with Gasteiger partial charge in [0.05, 0.1) is 5.56 Å². The van der Waals surface area contributed by atoms with Gasteiger partial charge in [0.25, 0.3) is 0 Å². The summed E-state index contributed by atoms with van der Waals surface area (Å²) >= 11 is 0. The van der Waals surface area contributed by atoms with Crippen molar-refractivity contribution >= 4 is 24.2 Å². The second kappa shape index (κ2) is 6.33. The van der Waals surface area contributed by atoms with Crippen molar-refractivity contribution in [2.75, 3.05) is 18.0 Å². The number of carbonyl (C=O) groups is 1. The highest BCUT2D eigenvalue weighted by Crippen LogP contribution is 2.14. The molecule has 16 heavy (non-hydrogen) atoms. The van der Waals surface area contributed by atoms with Gasteiger partial charge in [0.2, 0.25) is 0 Å². The highest BCUT2D eigenvalue weighted by Gasteiger charge is 2.09. The lowest BCUT2D eigenvalue weighted by atomic mass is 10.2. The molecule has 0 aliphatic carbocycles. The first-order valence-corrected chi connectivity index (χ1v) is 5.05. The number of anilines is 1. The molecule has 0 atom stereocenters. The van der Waals surface area contributed by atoms with Gasteiger partial charge in [-0.15, -0.1) is 12.4 Å². The minimum atomic E-state index is -0.908. The Bertz CT molecular complexity index is 365. The summed E-state index contributed by atoms with van der Waals surface area (Å²) in [6.45, 7) is 7.50. The molecule has 0 aromatic carbocycles. The van der Waals surface area contributed by atoms with Crippen LogP contribution in [0.25, 0.3) is 0 Å². The van der Waals surface area contributed by atoms with Crippen LogP contribution in [0.3, 0.4) is 0 Å². The molecular formula is C11H17ClN2O2. The Morgan fingerprint density at radius 1 is 1.38 bits per heavy atom. The van der Waals surface area contributed by atoms with E-state index in [-0.39, 0.29) is 12.4 Å². The SMILES string of the molecule is CCN(CC)c1cc(C(=O)O)cc(C)n1.Cl. The van der Waals surface area contributed by atoms with E-state index in [1.165, 1.54) is 0 Å². The molecule has 0 saturated heterocycles. The Balaban J connectivity index is 0.00000225. The van der Waals surface area contributed by atoms with E-state index in [2.05, 4.69) is 4.98 Å². The summed E-state index contributed by atoms with van der Waals surface area (Å²) < 4.78 is 0. The van der Waals surface area contributed by atoms with E-state index in [0.29, 0.717) is 5.56 Å². The van der Waals surface area contributed by atoms with Crippen LogP contribution in [0.5, 0.6) is 0 Å². The zero-order valence-corrected chi connectivity index (χ0v) is 10.5. The summed E-state index contributed by atoms with van der Waals surface area (Å²) in [4.78, 5) is 17.2. The van der Waals surface area contributed by atoms with Crippen LogP contribution in [-0.4, -0.2) is 29.1 Å². The molecule has 0 aliphatic heterocycles. The number of aryl methyl sites for hydroxylation is 1. The zero-order valence-electron chi connectivity index (χ0n) is 9.73. The predicted octanol–water partition coefficient (Wildman–Crippen LogP) is 2.36. The third-order valence-electron chi connectivity index (χ3n) is 2.27. The Kier molecular flexibility index (Phi) is 5.82. The average molecular weight is 245 g/mol. The molecule has 1 N–H and O–H groups in total. The largest absolute Gasteiger partial charge is 0.478 e. The van der Waals surface area contributed by atoms with E-state index in [1.54, 1.807) is 19.1 Å². The van der Waals surface area contributed by atoms with Crippen molar-refractivity contribution in [1.82, 2.24) is 4.98 Å². The van der Waals surface area contributed by atoms with E-state index < -0.39 is 5.97 Å². The fraction of sp³-hybridized carbons (Fsp3) is 0.455. The third-order valence-corrected chi connectivity index (χ3v) is 2.27. The van der Waals surface area contributed by atoms with Crippen molar-refractivity contribution < 1.29 is 9.90 Å². The average Bonchev–Trinajstić information content (AvgIpc) is 2.18. The van der Waals surface area contributed by atoms with Gasteiger partial charge in [-0.3, -0.25) is 0 Å². The molecule has 0 spiro atoms. The van der Waals surface area contributed by atoms with E-state index in [1.807, 2.05) is 18.7 Å². The monoisotopic (exact) mass is 244 g/mol. The van der Waals surface area contributed by atoms with Crippen LogP contribution < -0.4 is 4.90 Å². The molecule has 4 nitrogen and oxygen atoms in total. The van der Waals surface area contributed by atoms with Gasteiger partial charge in [0.15, 0.2) is 0 Å². The number of nitrogens with zero attached hydrogens (tertiary/aromatic N) is 2. The fourth-order valence-electron chi connectivity index (χ4n) is 1.48. The van der Waals surface area contributed by atoms with Gasteiger partial charge in [-0.1, -0.05) is 0 Å². The van der Waals surface area contributed by atoms with Crippen LogP contribution in [-0.2, 0) is 0 Å². The summed E-state index contributed by atoms with van der Waals surface area (Å²) in [5.74, 6) is -0.175. The van der Waals surface area contributed by atoms with E-state index >= 15 is 0 Å². The molecule has 0 aliphatic rings. The van der Waals surface area contributed by atoms with Crippen molar-refractivity contribution in [2.45, 2.75) is 20.8 Å². The normalized spacial score (nSPS) is 9.44. The first-order chi connectivity index (χ1) is 7.08. The van der Waals surface area contributed by atoms with Crippen molar-refractivity contribution in [2.24, 2.45) is 0 Å². The number of aromatic nitrogens is 1. The summed E-state index contributed by atoms with van der Waals surface area (Å²) in [6, 6.07) is 3.19. The van der Waals surface area contributed by atoms with Crippen molar-refractivity contribution in [3.05, 3.63) is 23.4 Å². The van der Waals surface area contributed by atoms with E-state index in [0.717, 1.165) is 24.6 Å². The quantitative estimate of drug-likeness (QED) is 0.884. The lowest BCUT2D eigenvalue weighted by molar-refractivity contribution is 0.0696. The standard InChI is InChI=1S/C11H16N2O2.ClH/c1-4-13(5-2)10-7-9(11(14)15)6-8(3)12-10;/h6-7H,4-5H2,1-3H3,(H,14,15);1H. The molecule has 0 unspecified atom stereocenters. The maximum absolute atomic E-state index is 10.9. The number of carboxylic acids is 1. The summed E-state index contributed by atoms with van der Waals surface area (Å²) in [5, 5.41) is 8.91. The van der Waals surface area contributed by atoms with Gasteiger partial charge in [0, 0.05) is 18.8 Å². The van der Waals surface area contributed by atoms with Crippen LogP contribution in [0.4, 0.5) is 5.82 Å². The van der Waals surface area contributed by atoms with Gasteiger partial charge in [0.1, 0.15) is 5.82 Å². The number of hydrogen-bond donors (Lipinski definition) is 1. The second-order valence-corrected chi connectivity index (χ2v) is 3.33. The minimum absolute atomic E-state index is 0. The Hall–Kier alpha value is -1.29. The van der Waals surface area contributed by atoms with Crippen LogP contribution in [0.1, 0.15) is 29.9 Å². The molecule has 1 aromatic heterocycles. The van der Waals surface area contributed by atoms with Gasteiger partial charge < -0.3 is 10.0 Å². The maximum atomic E-state index is 10.9. The molecule has 1 aromatic rings. The molecule has 0 fully saturated rings. The lowest BCUT2D eigenvalue weighted by Gasteiger charge is -2.20. The number of pyridine rings is 1. The van der Waals surface area contributed by atoms with Crippen molar-refractivity contribution in [1.29, 1.82) is 0 Å². The van der Waals surface area contributed by atoms with Gasteiger partial charge >= 0.3 is 5.97 Å². The summed E-state index contributed by atoms with van der Waals surface area (Å²) in [7, 11) is 0. The van der Waals surface area contributed by atoms with Crippen molar-refractivity contribution in [3.63, 3.8) is 0 Å². The van der Waals surface area contributed by atoms with Crippen LogP contribution in [0.15, 0.2) is 12.1 Å². The highest BCUT2D eigenvalue weighted by molar-refractivity contribution is 5.88. The molecule has 0 saturated carbocycles. The number of hydrogen-bond acceptors (Lipinski definition) is 3. The summed E-state index contributed by atoms with van der Waals surface area (Å²) in [5.41, 5.74) is 1.03. The van der Waals surface area contributed by atoms with Gasteiger partial charge in [-0.05, 0) is 32.9 Å². The van der Waals surface area contributed by atoms with Gasteiger partial charge in [-0.2, -0.15) is 0 Å². The van der Waals surface area contributed by atoms with Crippen LogP contribution >= 0.6 is 12.4 Å². The Labute approximate surface area is 102 Å². The van der Waals surface area contributed by atoms with Crippen LogP contribution in [0.2, 0.25) is 0 Å². The summed E-state index contributed by atoms with van der Waals surface area (Å²) in [6.07, 6.45) is 0. The highest BCUT2D eigenvalue weighted by atomic mass is 35.5. The predicted molar refractivity (Wildman–Crippen MR) is 66.7 cm³/mol. The van der Waals surface area contributed by atoms with Crippen molar-refractivity contribution in [3.8, 4) is 0 Å². The molecule has 0 radical (unpaired) electrons. The lowest BCUT2D eigenvalue weighted by Crippen LogP contribution is -2.23. The third kappa shape index (κ3) is 3.38. The zero-order chi connectivity index (χ0) is 11.4. The first kappa shape index (κ1) is 14.7.